The van der Waals surface area contributed by atoms with E-state index in [1.54, 1.807) is 82.5 Å². The molecule has 12 nitrogen and oxygen atoms in total. The molecule has 134 heavy (non-hydrogen) atoms. The monoisotopic (exact) mass is 1770 g/mol. The van der Waals surface area contributed by atoms with Gasteiger partial charge >= 0.3 is 0 Å². The number of rotatable bonds is 13. The maximum Gasteiger partial charge on any atom is 0.216 e. The quantitative estimate of drug-likeness (QED) is 0.103. The fraction of sp³-hybridized carbons (Fsp3) is 0.213. The molecule has 0 aliphatic rings. The molecule has 12 heteroatoms. The molecule has 0 spiro atoms. The largest absolute Gasteiger partial charge is 0.455 e. The van der Waals surface area contributed by atoms with Gasteiger partial charge in [0.2, 0.25) is 22.8 Å². The summed E-state index contributed by atoms with van der Waals surface area (Å²) in [5.74, 6) is -2.99. The average molecular weight is 1770 g/mol. The van der Waals surface area contributed by atoms with E-state index in [0.29, 0.717) is 134 Å². The van der Waals surface area contributed by atoms with E-state index in [2.05, 4.69) is 34.9 Å². The minimum Gasteiger partial charge on any atom is -0.455 e. The normalized spacial score (nSPS) is 14.3. The van der Waals surface area contributed by atoms with Crippen molar-refractivity contribution in [1.82, 2.24) is 0 Å². The first-order valence-electron chi connectivity index (χ1n) is 53.6. The second-order valence-electron chi connectivity index (χ2n) is 35.1. The van der Waals surface area contributed by atoms with E-state index in [0.717, 1.165) is 118 Å². The van der Waals surface area contributed by atoms with E-state index < -0.39 is 45.1 Å². The molecule has 12 aromatic carbocycles. The Morgan fingerprint density at radius 1 is 0.328 bits per heavy atom. The van der Waals surface area contributed by atoms with Crippen LogP contribution in [0.3, 0.4) is 0 Å². The lowest BCUT2D eigenvalue weighted by Gasteiger charge is -2.14. The highest BCUT2D eigenvalue weighted by atomic mass is 16.3. The molecule has 0 bridgehead atoms. The van der Waals surface area contributed by atoms with Crippen molar-refractivity contribution in [3.05, 3.63) is 355 Å². The summed E-state index contributed by atoms with van der Waals surface area (Å²) in [5.41, 5.74) is 25.3. The first-order chi connectivity index (χ1) is 71.7. The molecule has 0 saturated carbocycles. The molecule has 8 aromatic heterocycles. The Balaban J connectivity index is 0.000000138. The van der Waals surface area contributed by atoms with E-state index in [4.69, 9.17) is 41.0 Å². The topological polar surface area (TPSA) is 163 Å². The highest BCUT2D eigenvalue weighted by Crippen LogP contribution is 2.47. The molecule has 0 saturated heterocycles. The van der Waals surface area contributed by atoms with Gasteiger partial charge in [0.05, 0.1) is 74.3 Å². The van der Waals surface area contributed by atoms with Crippen LogP contribution in [0.4, 0.5) is 0 Å². The molecule has 20 rings (SSSR count). The summed E-state index contributed by atoms with van der Waals surface area (Å²) in [6.45, 7) is 17.0. The van der Waals surface area contributed by atoms with Crippen LogP contribution in [-0.4, -0.2) is 0 Å². The number of aryl methyl sites for hydroxylation is 5. The van der Waals surface area contributed by atoms with Crippen LogP contribution < -0.4 is 18.3 Å². The summed E-state index contributed by atoms with van der Waals surface area (Å²) >= 11 is 0. The van der Waals surface area contributed by atoms with Crippen molar-refractivity contribution in [1.29, 1.82) is 21.0 Å². The molecule has 1 unspecified atom stereocenters. The molecule has 8 heterocycles. The fourth-order valence-electron chi connectivity index (χ4n) is 18.2. The smallest absolute Gasteiger partial charge is 0.216 e. The van der Waals surface area contributed by atoms with Crippen LogP contribution >= 0.6 is 0 Å². The van der Waals surface area contributed by atoms with Crippen molar-refractivity contribution in [2.24, 2.45) is 40.0 Å². The zero-order valence-electron chi connectivity index (χ0n) is 96.3. The Hall–Kier alpha value is -15.6. The predicted octanol–water partition coefficient (Wildman–Crippen LogP) is 29.4. The van der Waals surface area contributed by atoms with Crippen molar-refractivity contribution < 1.29 is 60.6 Å². The summed E-state index contributed by atoms with van der Waals surface area (Å²) in [6.07, 6.45) is -3.34. The van der Waals surface area contributed by atoms with Gasteiger partial charge in [0.25, 0.3) is 0 Å². The van der Waals surface area contributed by atoms with Gasteiger partial charge in [-0.3, -0.25) is 0 Å². The first-order valence-corrected chi connectivity index (χ1v) is 44.6. The Morgan fingerprint density at radius 2 is 0.642 bits per heavy atom. The van der Waals surface area contributed by atoms with Gasteiger partial charge in [0.1, 0.15) is 72.9 Å². The number of hydrogen-bond acceptors (Lipinski definition) is 8. The van der Waals surface area contributed by atoms with Gasteiger partial charge in [-0.25, -0.2) is 0 Å². The van der Waals surface area contributed by atoms with Gasteiger partial charge in [-0.15, -0.1) is 0 Å². The van der Waals surface area contributed by atoms with Crippen LogP contribution in [0.1, 0.15) is 173 Å². The SMILES string of the molecule is [2H]C([2H])(c1cc(C)[n+](C)c(-c2c(C)ccc3c2oc2cc(-c4ccccc4)cc(C#N)c23)c1)C(C)C.[2H]c1c(C([2H])(C)C([2H])([2H])[2H])c(C([2H])([2H])[2H])c(C)[n+](C)c1-c1c(C)ccc2c1oc1cc(-c3ccccc3)cc(C#N)c12.[2H]c1c(C([2H])([2H])C(C)C)c([2H])c(-c2c(C)ccc3c2oc2cc(-c4ccccc4)cc(C#N)c23)[n+](C)c1C.[2H]c1c(C)c(C([2H])([2H])[2H])c(C)[n+](C)c1-c1c(C)ccc2c1oc1cc(-c3ccccc3)cc(C#N)c12. The number of aromatic nitrogens is 4. The molecule has 0 aliphatic carbocycles. The molecule has 0 amide bonds. The van der Waals surface area contributed by atoms with Crippen molar-refractivity contribution in [2.75, 3.05) is 0 Å². The summed E-state index contributed by atoms with van der Waals surface area (Å²) in [7, 11) is 7.19. The molecule has 0 aliphatic heterocycles. The molecule has 20 aromatic rings. The van der Waals surface area contributed by atoms with Crippen molar-refractivity contribution in [3.8, 4) is 114 Å². The Bertz CT molecular complexity index is 9200. The number of fused-ring (bicyclic) bond motifs is 12. The van der Waals surface area contributed by atoms with Crippen LogP contribution in [0.5, 0.6) is 0 Å². The van der Waals surface area contributed by atoms with Crippen LogP contribution in [0.15, 0.2) is 272 Å². The minimum absolute atomic E-state index is 0.0247. The van der Waals surface area contributed by atoms with E-state index in [-0.39, 0.29) is 63.7 Å². The highest BCUT2D eigenvalue weighted by molar-refractivity contribution is 6.17. The summed E-state index contributed by atoms with van der Waals surface area (Å²) < 4.78 is 186. The standard InChI is InChI=1S/3C31H29N2O.C29H25N2O/c1-18(2)26-16-27(33(6)21(5)20(26)4)29-19(3)12-13-25-30-24(17-32)14-23(15-28(30)34-31(25)29)22-10-8-7-9-11-22;2*1-19(2)13-22-14-21(4)33(5)27(15-22)29-20(3)11-12-26-30-25(18-32)16-24(17-28(30)34-31(26)29)23-9-7-6-8-10-23;1-17-11-12-24-28-23(16-30)14-22(21-9-7-6-8-10-21)15-26(28)32-29(24)27(17)25-13-18(2)19(3)20(4)31(25)5/h7-16,18H,1-6H3;2*6-12,14-17,19H,13H2,1-5H3;6-15H,1-5H3/q4*+1/i1D3,4D3,16D,18D;13D2,14D,15D;13D2;3D3,13D. The van der Waals surface area contributed by atoms with E-state index in [1.807, 2.05) is 274 Å². The van der Waals surface area contributed by atoms with Crippen molar-refractivity contribution in [2.45, 2.75) is 136 Å². The maximum absolute atomic E-state index is 10.1. The predicted molar refractivity (Wildman–Crippen MR) is 545 cm³/mol. The zero-order valence-corrected chi connectivity index (χ0v) is 78.3. The zero-order chi connectivity index (χ0) is 110. The van der Waals surface area contributed by atoms with Gasteiger partial charge in [-0.05, 0) is 216 Å². The number of pyridine rings is 4. The molecular weight excluding hydrogens is 1640 g/mol. The van der Waals surface area contributed by atoms with Crippen LogP contribution in [0, 0.1) is 133 Å². The lowest BCUT2D eigenvalue weighted by atomic mass is 9.92. The average Bonchev–Trinajstić information content (AvgIpc) is 1.55. The third kappa shape index (κ3) is 16.7. The summed E-state index contributed by atoms with van der Waals surface area (Å²) in [4.78, 5) is 0. The lowest BCUT2D eigenvalue weighted by molar-refractivity contribution is -0.667. The van der Waals surface area contributed by atoms with Crippen molar-refractivity contribution in [3.63, 3.8) is 0 Å². The Kier molecular flexibility index (Phi) is 19.4. The van der Waals surface area contributed by atoms with Gasteiger partial charge in [0, 0.05) is 137 Å². The number of hydrogen-bond donors (Lipinski definition) is 0. The Morgan fingerprint density at radius 3 is 0.970 bits per heavy atom. The number of furan rings is 4. The van der Waals surface area contributed by atoms with Crippen molar-refractivity contribution >= 4 is 87.8 Å². The molecule has 0 fully saturated rings. The Labute approximate surface area is 810 Å². The van der Waals surface area contributed by atoms with Crippen LogP contribution in [0.2, 0.25) is 0 Å². The van der Waals surface area contributed by atoms with E-state index in [9.17, 15) is 22.4 Å². The van der Waals surface area contributed by atoms with Crippen LogP contribution in [0.25, 0.3) is 177 Å². The first kappa shape index (κ1) is 70.3. The minimum atomic E-state index is -2.91. The molecule has 0 radical (unpaired) electrons. The molecule has 1 atom stereocenters. The number of nitriles is 4. The highest BCUT2D eigenvalue weighted by Gasteiger charge is 2.32. The third-order valence-electron chi connectivity index (χ3n) is 25.4. The van der Waals surface area contributed by atoms with Gasteiger partial charge in [0.15, 0.2) is 22.8 Å². The molecular formula is C122H112N8O4+4. The van der Waals surface area contributed by atoms with Gasteiger partial charge in [-0.2, -0.15) is 39.3 Å². The fourth-order valence-corrected chi connectivity index (χ4v) is 18.2. The van der Waals surface area contributed by atoms with Crippen LogP contribution in [-0.2, 0) is 40.9 Å². The van der Waals surface area contributed by atoms with Gasteiger partial charge < -0.3 is 17.7 Å². The lowest BCUT2D eigenvalue weighted by Crippen LogP contribution is -2.36. The molecule has 0 N–H and O–H groups in total. The second-order valence-corrected chi connectivity index (χ2v) is 35.1. The number of nitrogens with zero attached hydrogens (tertiary/aromatic N) is 8. The van der Waals surface area contributed by atoms with E-state index in [1.165, 1.54) is 0 Å². The van der Waals surface area contributed by atoms with E-state index >= 15 is 0 Å². The number of benzene rings is 12. The third-order valence-corrected chi connectivity index (χ3v) is 25.4. The molecule has 660 valence electrons. The maximum atomic E-state index is 10.1. The van der Waals surface area contributed by atoms with Gasteiger partial charge in [-0.1, -0.05) is 211 Å². The summed E-state index contributed by atoms with van der Waals surface area (Å²) in [6, 6.07) is 83.0. The summed E-state index contributed by atoms with van der Waals surface area (Å²) in [5, 5.41) is 46.2. The second kappa shape index (κ2) is 37.0.